The fourth-order valence-corrected chi connectivity index (χ4v) is 2.59. The van der Waals surface area contributed by atoms with Gasteiger partial charge in [0.1, 0.15) is 18.7 Å². The minimum absolute atomic E-state index is 0.0465. The number of amides is 2. The Morgan fingerprint density at radius 3 is 2.17 bits per heavy atom. The Morgan fingerprint density at radius 1 is 1.00 bits per heavy atom. The summed E-state index contributed by atoms with van der Waals surface area (Å²) in [6.45, 7) is 4.45. The van der Waals surface area contributed by atoms with Gasteiger partial charge in [0.15, 0.2) is 0 Å². The van der Waals surface area contributed by atoms with Crippen LogP contribution in [0.5, 0.6) is 0 Å². The molecule has 0 saturated carbocycles. The van der Waals surface area contributed by atoms with Crippen LogP contribution in [0.15, 0.2) is 30.3 Å². The lowest BCUT2D eigenvalue weighted by Crippen LogP contribution is -2.57. The van der Waals surface area contributed by atoms with Crippen molar-refractivity contribution >= 4 is 23.9 Å². The van der Waals surface area contributed by atoms with Crippen LogP contribution in [-0.2, 0) is 30.5 Å². The quantitative estimate of drug-likeness (QED) is 0.381. The van der Waals surface area contributed by atoms with E-state index in [4.69, 9.17) is 9.47 Å². The van der Waals surface area contributed by atoms with Crippen LogP contribution >= 0.6 is 0 Å². The second-order valence-electron chi connectivity index (χ2n) is 6.74. The smallest absolute Gasteiger partial charge is 0.408 e. The number of aliphatic hydroxyl groups excluding tert-OH is 1. The number of carbonyl (C=O) groups excluding carboxylic acids is 3. The number of carbonyl (C=O) groups is 4. The van der Waals surface area contributed by atoms with Gasteiger partial charge >= 0.3 is 18.0 Å². The standard InChI is InChI=1S/C20H28N2O8/c1-4-29-15(24)10-12(2)16(19(26)27)21-18(25)17(13(3)23)22-20(28)30-11-14-8-6-5-7-9-14/h5-9,12-13,16-17,23H,4,10-11H2,1-3H3,(H,21,25)(H,22,28)(H,26,27)/t12-,13-,16-,17+/m1/s1. The second kappa shape index (κ2) is 12.4. The van der Waals surface area contributed by atoms with Crippen molar-refractivity contribution in [3.63, 3.8) is 0 Å². The summed E-state index contributed by atoms with van der Waals surface area (Å²) in [4.78, 5) is 47.7. The highest BCUT2D eigenvalue weighted by atomic mass is 16.5. The normalized spacial score (nSPS) is 14.5. The zero-order valence-electron chi connectivity index (χ0n) is 17.2. The molecule has 166 valence electrons. The summed E-state index contributed by atoms with van der Waals surface area (Å²) in [5, 5.41) is 23.7. The van der Waals surface area contributed by atoms with Crippen LogP contribution < -0.4 is 10.6 Å². The van der Waals surface area contributed by atoms with E-state index in [9.17, 15) is 29.4 Å². The maximum atomic E-state index is 12.5. The maximum Gasteiger partial charge on any atom is 0.408 e. The van der Waals surface area contributed by atoms with E-state index in [2.05, 4.69) is 10.6 Å². The zero-order chi connectivity index (χ0) is 22.7. The van der Waals surface area contributed by atoms with Crippen molar-refractivity contribution in [2.24, 2.45) is 5.92 Å². The van der Waals surface area contributed by atoms with Gasteiger partial charge in [0.2, 0.25) is 5.91 Å². The van der Waals surface area contributed by atoms with Crippen molar-refractivity contribution in [2.75, 3.05) is 6.61 Å². The molecule has 4 N–H and O–H groups in total. The maximum absolute atomic E-state index is 12.5. The summed E-state index contributed by atoms with van der Waals surface area (Å²) >= 11 is 0. The summed E-state index contributed by atoms with van der Waals surface area (Å²) in [5.41, 5.74) is 0.726. The Kier molecular flexibility index (Phi) is 10.3. The molecule has 1 rings (SSSR count). The Balaban J connectivity index is 2.72. The van der Waals surface area contributed by atoms with Crippen LogP contribution in [0.1, 0.15) is 32.8 Å². The molecule has 10 heteroatoms. The summed E-state index contributed by atoms with van der Waals surface area (Å²) in [6, 6.07) is 5.95. The van der Waals surface area contributed by atoms with E-state index in [0.717, 1.165) is 5.56 Å². The Hall–Kier alpha value is -3.14. The molecule has 0 saturated heterocycles. The Bertz CT molecular complexity index is 723. The van der Waals surface area contributed by atoms with Gasteiger partial charge in [-0.25, -0.2) is 9.59 Å². The predicted octanol–water partition coefficient (Wildman–Crippen LogP) is 0.821. The molecule has 10 nitrogen and oxygen atoms in total. The van der Waals surface area contributed by atoms with Crippen molar-refractivity contribution in [2.45, 2.75) is 52.0 Å². The molecule has 0 unspecified atom stereocenters. The number of nitrogens with one attached hydrogen (secondary N) is 2. The van der Waals surface area contributed by atoms with Crippen molar-refractivity contribution in [1.82, 2.24) is 10.6 Å². The van der Waals surface area contributed by atoms with E-state index >= 15 is 0 Å². The third-order valence-electron chi connectivity index (χ3n) is 4.18. The largest absolute Gasteiger partial charge is 0.480 e. The molecule has 0 aliphatic carbocycles. The van der Waals surface area contributed by atoms with Gasteiger partial charge in [-0.2, -0.15) is 0 Å². The summed E-state index contributed by atoms with van der Waals surface area (Å²) in [5.74, 6) is -3.67. The fraction of sp³-hybridized carbons (Fsp3) is 0.500. The number of hydrogen-bond acceptors (Lipinski definition) is 7. The number of alkyl carbamates (subject to hydrolysis) is 1. The number of aliphatic carboxylic acids is 1. The van der Waals surface area contributed by atoms with E-state index in [1.807, 2.05) is 0 Å². The fourth-order valence-electron chi connectivity index (χ4n) is 2.59. The van der Waals surface area contributed by atoms with Crippen LogP contribution in [0.25, 0.3) is 0 Å². The zero-order valence-corrected chi connectivity index (χ0v) is 17.2. The van der Waals surface area contributed by atoms with E-state index in [1.165, 1.54) is 13.8 Å². The van der Waals surface area contributed by atoms with Crippen LogP contribution in [0.3, 0.4) is 0 Å². The lowest BCUT2D eigenvalue weighted by atomic mass is 9.97. The predicted molar refractivity (Wildman–Crippen MR) is 105 cm³/mol. The SMILES string of the molecule is CCOC(=O)C[C@@H](C)[C@@H](NC(=O)[C@@H](NC(=O)OCc1ccccc1)[C@@H](C)O)C(=O)O. The van der Waals surface area contributed by atoms with Crippen LogP contribution in [0.4, 0.5) is 4.79 Å². The van der Waals surface area contributed by atoms with Gasteiger partial charge in [0.05, 0.1) is 19.1 Å². The first kappa shape index (κ1) is 24.9. The van der Waals surface area contributed by atoms with Gasteiger partial charge in [-0.1, -0.05) is 37.3 Å². The molecule has 0 radical (unpaired) electrons. The third kappa shape index (κ3) is 8.48. The monoisotopic (exact) mass is 424 g/mol. The minimum Gasteiger partial charge on any atom is -0.480 e. The molecule has 0 bridgehead atoms. The first-order valence-electron chi connectivity index (χ1n) is 9.49. The van der Waals surface area contributed by atoms with Crippen molar-refractivity contribution in [1.29, 1.82) is 0 Å². The van der Waals surface area contributed by atoms with E-state index in [-0.39, 0.29) is 19.6 Å². The van der Waals surface area contributed by atoms with E-state index in [1.54, 1.807) is 37.3 Å². The van der Waals surface area contributed by atoms with Crippen LogP contribution in [-0.4, -0.2) is 58.9 Å². The molecule has 2 amide bonds. The number of benzene rings is 1. The van der Waals surface area contributed by atoms with Crippen molar-refractivity contribution < 1.29 is 38.9 Å². The average Bonchev–Trinajstić information content (AvgIpc) is 2.68. The van der Waals surface area contributed by atoms with Gasteiger partial charge in [-0.05, 0) is 25.3 Å². The lowest BCUT2D eigenvalue weighted by Gasteiger charge is -2.25. The molecule has 1 aromatic rings. The Morgan fingerprint density at radius 2 is 1.63 bits per heavy atom. The van der Waals surface area contributed by atoms with E-state index in [0.29, 0.717) is 0 Å². The molecular weight excluding hydrogens is 396 g/mol. The molecular formula is C20H28N2O8. The number of carboxylic acid groups (broad SMARTS) is 1. The highest BCUT2D eigenvalue weighted by Gasteiger charge is 2.33. The third-order valence-corrected chi connectivity index (χ3v) is 4.18. The second-order valence-corrected chi connectivity index (χ2v) is 6.74. The topological polar surface area (TPSA) is 151 Å². The molecule has 4 atom stereocenters. The minimum atomic E-state index is -1.45. The molecule has 0 aromatic heterocycles. The van der Waals surface area contributed by atoms with Crippen molar-refractivity contribution in [3.8, 4) is 0 Å². The van der Waals surface area contributed by atoms with Gasteiger partial charge in [-0.15, -0.1) is 0 Å². The molecule has 0 spiro atoms. The number of aliphatic hydroxyl groups is 1. The number of esters is 1. The van der Waals surface area contributed by atoms with Crippen LogP contribution in [0.2, 0.25) is 0 Å². The van der Waals surface area contributed by atoms with Crippen molar-refractivity contribution in [3.05, 3.63) is 35.9 Å². The summed E-state index contributed by atoms with van der Waals surface area (Å²) in [6.07, 6.45) is -2.51. The number of hydrogen-bond donors (Lipinski definition) is 4. The highest BCUT2D eigenvalue weighted by Crippen LogP contribution is 2.11. The summed E-state index contributed by atoms with van der Waals surface area (Å²) < 4.78 is 9.81. The van der Waals surface area contributed by atoms with Gasteiger partial charge < -0.3 is 30.3 Å². The van der Waals surface area contributed by atoms with Gasteiger partial charge in [0.25, 0.3) is 0 Å². The van der Waals surface area contributed by atoms with Crippen LogP contribution in [0, 0.1) is 5.92 Å². The lowest BCUT2D eigenvalue weighted by molar-refractivity contribution is -0.147. The molecule has 30 heavy (non-hydrogen) atoms. The van der Waals surface area contributed by atoms with Gasteiger partial charge in [-0.3, -0.25) is 9.59 Å². The molecule has 0 heterocycles. The highest BCUT2D eigenvalue weighted by molar-refractivity contribution is 5.90. The molecule has 0 fully saturated rings. The molecule has 0 aliphatic rings. The van der Waals surface area contributed by atoms with Gasteiger partial charge in [0, 0.05) is 0 Å². The molecule has 0 aliphatic heterocycles. The summed E-state index contributed by atoms with van der Waals surface area (Å²) in [7, 11) is 0. The first-order valence-corrected chi connectivity index (χ1v) is 9.49. The number of ether oxygens (including phenoxy) is 2. The first-order chi connectivity index (χ1) is 14.1. The average molecular weight is 424 g/mol. The number of carboxylic acids is 1. The number of rotatable bonds is 11. The van der Waals surface area contributed by atoms with E-state index < -0.39 is 48.0 Å². The Labute approximate surface area is 174 Å². The molecule has 1 aromatic carbocycles.